The Balaban J connectivity index is 2.25. The quantitative estimate of drug-likeness (QED) is 0.852. The molecule has 84 valence electrons. The first-order chi connectivity index (χ1) is 7.81. The average molecular weight is 215 g/mol. The van der Waals surface area contributed by atoms with Crippen LogP contribution >= 0.6 is 0 Å². The van der Waals surface area contributed by atoms with E-state index in [9.17, 15) is 0 Å². The second kappa shape index (κ2) is 3.59. The maximum absolute atomic E-state index is 5.66. The van der Waals surface area contributed by atoms with Gasteiger partial charge in [0.05, 0.1) is 11.0 Å². The molecule has 2 aromatic rings. The van der Waals surface area contributed by atoms with Crippen molar-refractivity contribution in [1.82, 2.24) is 9.55 Å². The maximum Gasteiger partial charge on any atom is 0.111 e. The standard InChI is InChI=1S/C13H17N3/c1-9-3-2-4-11-13(9)16(10-5-6-10)12(15-11)7-8-14/h2-4,10H,5-8,14H2,1H3. The molecule has 0 aliphatic heterocycles. The van der Waals surface area contributed by atoms with Gasteiger partial charge in [0.15, 0.2) is 0 Å². The molecule has 1 fully saturated rings. The number of aryl methyl sites for hydroxylation is 1. The monoisotopic (exact) mass is 215 g/mol. The molecule has 0 bridgehead atoms. The second-order valence-electron chi connectivity index (χ2n) is 4.61. The SMILES string of the molecule is Cc1cccc2nc(CCN)n(C3CC3)c12. The molecule has 1 heterocycles. The van der Waals surface area contributed by atoms with Crippen molar-refractivity contribution in [1.29, 1.82) is 0 Å². The predicted octanol–water partition coefficient (Wildman–Crippen LogP) is 2.18. The van der Waals surface area contributed by atoms with Gasteiger partial charge in [0.25, 0.3) is 0 Å². The molecule has 0 unspecified atom stereocenters. The van der Waals surface area contributed by atoms with Crippen LogP contribution in [0, 0.1) is 6.92 Å². The van der Waals surface area contributed by atoms with Crippen LogP contribution in [0.15, 0.2) is 18.2 Å². The van der Waals surface area contributed by atoms with E-state index in [0.717, 1.165) is 17.8 Å². The van der Waals surface area contributed by atoms with Crippen molar-refractivity contribution in [3.63, 3.8) is 0 Å². The molecule has 1 aromatic carbocycles. The van der Waals surface area contributed by atoms with Gasteiger partial charge >= 0.3 is 0 Å². The molecule has 0 atom stereocenters. The first-order valence-corrected chi connectivity index (χ1v) is 5.97. The largest absolute Gasteiger partial charge is 0.330 e. The Hall–Kier alpha value is -1.35. The van der Waals surface area contributed by atoms with Crippen molar-refractivity contribution in [3.8, 4) is 0 Å². The molecule has 0 radical (unpaired) electrons. The van der Waals surface area contributed by atoms with E-state index in [4.69, 9.17) is 10.7 Å². The van der Waals surface area contributed by atoms with E-state index in [1.807, 2.05) is 0 Å². The van der Waals surface area contributed by atoms with E-state index in [-0.39, 0.29) is 0 Å². The minimum Gasteiger partial charge on any atom is -0.330 e. The lowest BCUT2D eigenvalue weighted by molar-refractivity contribution is 0.694. The van der Waals surface area contributed by atoms with Crippen LogP contribution in [0.1, 0.15) is 30.3 Å². The lowest BCUT2D eigenvalue weighted by Crippen LogP contribution is -2.09. The Kier molecular flexibility index (Phi) is 2.21. The highest BCUT2D eigenvalue weighted by molar-refractivity contribution is 5.79. The molecular weight excluding hydrogens is 198 g/mol. The minimum absolute atomic E-state index is 0.674. The number of imidazole rings is 1. The average Bonchev–Trinajstić information content (AvgIpc) is 3.02. The summed E-state index contributed by atoms with van der Waals surface area (Å²) in [5, 5.41) is 0. The van der Waals surface area contributed by atoms with E-state index in [0.29, 0.717) is 12.6 Å². The first-order valence-electron chi connectivity index (χ1n) is 5.97. The van der Waals surface area contributed by atoms with Crippen LogP contribution in [-0.4, -0.2) is 16.1 Å². The molecule has 1 aliphatic carbocycles. The summed E-state index contributed by atoms with van der Waals surface area (Å²) in [6, 6.07) is 7.01. The fourth-order valence-corrected chi connectivity index (χ4v) is 2.40. The van der Waals surface area contributed by atoms with E-state index in [1.165, 1.54) is 23.9 Å². The van der Waals surface area contributed by atoms with E-state index in [1.54, 1.807) is 0 Å². The second-order valence-corrected chi connectivity index (χ2v) is 4.61. The third-order valence-electron chi connectivity index (χ3n) is 3.26. The van der Waals surface area contributed by atoms with Crippen LogP contribution in [0.4, 0.5) is 0 Å². The minimum atomic E-state index is 0.674. The molecule has 0 saturated heterocycles. The van der Waals surface area contributed by atoms with Crippen molar-refractivity contribution >= 4 is 11.0 Å². The fourth-order valence-electron chi connectivity index (χ4n) is 2.40. The predicted molar refractivity (Wildman–Crippen MR) is 65.5 cm³/mol. The smallest absolute Gasteiger partial charge is 0.111 e. The van der Waals surface area contributed by atoms with Crippen molar-refractivity contribution in [3.05, 3.63) is 29.6 Å². The zero-order chi connectivity index (χ0) is 11.1. The van der Waals surface area contributed by atoms with Crippen LogP contribution in [0.2, 0.25) is 0 Å². The van der Waals surface area contributed by atoms with Crippen LogP contribution in [0.3, 0.4) is 0 Å². The lowest BCUT2D eigenvalue weighted by Gasteiger charge is -2.07. The number of rotatable bonds is 3. The van der Waals surface area contributed by atoms with Gasteiger partial charge in [-0.15, -0.1) is 0 Å². The Morgan fingerprint density at radius 1 is 1.44 bits per heavy atom. The van der Waals surface area contributed by atoms with Gasteiger partial charge in [-0.2, -0.15) is 0 Å². The van der Waals surface area contributed by atoms with Gasteiger partial charge in [-0.1, -0.05) is 12.1 Å². The van der Waals surface area contributed by atoms with Gasteiger partial charge in [0.1, 0.15) is 5.82 Å². The molecule has 16 heavy (non-hydrogen) atoms. The summed E-state index contributed by atoms with van der Waals surface area (Å²) in [5.74, 6) is 1.16. The molecule has 0 amide bonds. The van der Waals surface area contributed by atoms with Gasteiger partial charge in [0, 0.05) is 12.5 Å². The molecule has 3 heteroatoms. The number of hydrogen-bond acceptors (Lipinski definition) is 2. The molecule has 1 aliphatic rings. The summed E-state index contributed by atoms with van der Waals surface area (Å²) < 4.78 is 2.41. The van der Waals surface area contributed by atoms with Crippen LogP contribution in [0.25, 0.3) is 11.0 Å². The molecule has 3 nitrogen and oxygen atoms in total. The van der Waals surface area contributed by atoms with Crippen molar-refractivity contribution < 1.29 is 0 Å². The lowest BCUT2D eigenvalue weighted by atomic mass is 10.2. The molecule has 0 spiro atoms. The van der Waals surface area contributed by atoms with Gasteiger partial charge in [0.2, 0.25) is 0 Å². The normalized spacial score (nSPS) is 15.9. The highest BCUT2D eigenvalue weighted by Gasteiger charge is 2.28. The van der Waals surface area contributed by atoms with Gasteiger partial charge in [-0.3, -0.25) is 0 Å². The van der Waals surface area contributed by atoms with Crippen molar-refractivity contribution in [2.45, 2.75) is 32.2 Å². The molecule has 3 rings (SSSR count). The Labute approximate surface area is 95.3 Å². The Morgan fingerprint density at radius 2 is 2.25 bits per heavy atom. The van der Waals surface area contributed by atoms with E-state index in [2.05, 4.69) is 29.7 Å². The third kappa shape index (κ3) is 1.43. The number of nitrogens with zero attached hydrogens (tertiary/aromatic N) is 2. The molecule has 1 saturated carbocycles. The summed E-state index contributed by atoms with van der Waals surface area (Å²) in [5.41, 5.74) is 9.41. The summed E-state index contributed by atoms with van der Waals surface area (Å²) in [4.78, 5) is 4.71. The highest BCUT2D eigenvalue weighted by atomic mass is 15.1. The summed E-state index contributed by atoms with van der Waals surface area (Å²) >= 11 is 0. The number of fused-ring (bicyclic) bond motifs is 1. The van der Waals surface area contributed by atoms with Crippen molar-refractivity contribution in [2.75, 3.05) is 6.54 Å². The highest BCUT2D eigenvalue weighted by Crippen LogP contribution is 2.39. The van der Waals surface area contributed by atoms with E-state index >= 15 is 0 Å². The number of nitrogens with two attached hydrogens (primary N) is 1. The summed E-state index contributed by atoms with van der Waals surface area (Å²) in [6.45, 7) is 2.84. The maximum atomic E-state index is 5.66. The first kappa shape index (κ1) is 9.85. The zero-order valence-electron chi connectivity index (χ0n) is 9.61. The third-order valence-corrected chi connectivity index (χ3v) is 3.26. The number of hydrogen-bond donors (Lipinski definition) is 1. The summed E-state index contributed by atoms with van der Waals surface area (Å²) in [7, 11) is 0. The van der Waals surface area contributed by atoms with Crippen LogP contribution < -0.4 is 5.73 Å². The van der Waals surface area contributed by atoms with Crippen LogP contribution in [0.5, 0.6) is 0 Å². The number of benzene rings is 1. The number of aromatic nitrogens is 2. The number of para-hydroxylation sites is 1. The van der Waals surface area contributed by atoms with E-state index < -0.39 is 0 Å². The zero-order valence-corrected chi connectivity index (χ0v) is 9.61. The molecular formula is C13H17N3. The van der Waals surface area contributed by atoms with Gasteiger partial charge in [-0.25, -0.2) is 4.98 Å². The molecule has 1 aromatic heterocycles. The summed E-state index contributed by atoms with van der Waals surface area (Å²) in [6.07, 6.45) is 3.46. The van der Waals surface area contributed by atoms with Gasteiger partial charge in [-0.05, 0) is 37.9 Å². The topological polar surface area (TPSA) is 43.8 Å². The van der Waals surface area contributed by atoms with Crippen LogP contribution in [-0.2, 0) is 6.42 Å². The van der Waals surface area contributed by atoms with Gasteiger partial charge < -0.3 is 10.3 Å². The molecule has 2 N–H and O–H groups in total. The Bertz CT molecular complexity index is 523. The fraction of sp³-hybridized carbons (Fsp3) is 0.462. The Morgan fingerprint density at radius 3 is 2.94 bits per heavy atom. The van der Waals surface area contributed by atoms with Crippen molar-refractivity contribution in [2.24, 2.45) is 5.73 Å².